The van der Waals surface area contributed by atoms with Gasteiger partial charge in [-0.3, -0.25) is 0 Å². The van der Waals surface area contributed by atoms with Crippen LogP contribution in [0.3, 0.4) is 0 Å². The van der Waals surface area contributed by atoms with Gasteiger partial charge in [0.05, 0.1) is 54.7 Å². The van der Waals surface area contributed by atoms with E-state index in [-0.39, 0.29) is 11.2 Å². The van der Waals surface area contributed by atoms with Crippen LogP contribution in [0.25, 0.3) is 110 Å². The number of hydrogen-bond donors (Lipinski definition) is 0. The predicted molar refractivity (Wildman–Crippen MR) is 478 cm³/mol. The molecule has 6 heteroatoms. The molecule has 0 radical (unpaired) electrons. The van der Waals surface area contributed by atoms with Gasteiger partial charge >= 0.3 is 0 Å². The maximum absolute atomic E-state index is 14.1. The normalized spacial score (nSPS) is 12.2. The summed E-state index contributed by atoms with van der Waals surface area (Å²) in [5.41, 5.74) is 38.6. The highest BCUT2D eigenvalue weighted by molar-refractivity contribution is 5.98. The molecule has 5 heterocycles. The monoisotopic (exact) mass is 1490 g/mol. The van der Waals surface area contributed by atoms with Crippen LogP contribution in [0.15, 0.2) is 207 Å². The molecule has 5 nitrogen and oxygen atoms in total. The third-order valence-corrected chi connectivity index (χ3v) is 24.4. The number of benzene rings is 10. The van der Waals surface area contributed by atoms with E-state index in [9.17, 15) is 4.39 Å². The zero-order chi connectivity index (χ0) is 81.5. The predicted octanol–water partition coefficient (Wildman–Crippen LogP) is 25.3. The van der Waals surface area contributed by atoms with Gasteiger partial charge in [-0.05, 0) is 309 Å². The summed E-state index contributed by atoms with van der Waals surface area (Å²) in [7, 11) is 10.6. The van der Waals surface area contributed by atoms with Crippen molar-refractivity contribution in [3.05, 3.63) is 324 Å². The van der Waals surface area contributed by atoms with Gasteiger partial charge in [0.1, 0.15) is 41.1 Å². The Kier molecular flexibility index (Phi) is 24.2. The molecule has 0 spiro atoms. The highest BCUT2D eigenvalue weighted by Crippen LogP contribution is 2.41. The van der Waals surface area contributed by atoms with Crippen molar-refractivity contribution in [1.29, 1.82) is 0 Å². The summed E-state index contributed by atoms with van der Waals surface area (Å²) in [5.74, 6) is 0.653. The number of aryl methyl sites for hydroxylation is 17. The summed E-state index contributed by atoms with van der Waals surface area (Å²) in [6, 6.07) is 65.1. The molecule has 0 N–H and O–H groups in total. The van der Waals surface area contributed by atoms with Crippen LogP contribution in [0.2, 0.25) is 0 Å². The molecular weight excluding hydrogens is 1370 g/mol. The van der Waals surface area contributed by atoms with Crippen molar-refractivity contribution in [2.45, 2.75) is 182 Å². The average molecular weight is 1500 g/mol. The smallest absolute Gasteiger partial charge is 0.206 e. The van der Waals surface area contributed by atoms with Crippen LogP contribution < -0.4 is 22.8 Å². The van der Waals surface area contributed by atoms with E-state index in [2.05, 4.69) is 376 Å². The SMILES string of the molecule is Cc1cc(C)c(C)c(-c2c3ccc(C)cc3cc[n+]2C)c1.Cc1cc(C)c(C)c(-c2c3ccc(C)cc3cc[n+]2C)c1.Cc1ccc2c(-c3cc(C(C)(C)C)cc(C)c3C)[n+](C)ccc2c1.Cc1ccc2c(-c3cc(C)c(F)c(C)c3C)[n+](C)ccc2c1.Cc1ccc2c(-c3cc(C4CCCC4)cc(C)c3C)[n+](C)ccc2c1. The van der Waals surface area contributed by atoms with Crippen molar-refractivity contribution < 1.29 is 27.2 Å². The molecule has 0 bridgehead atoms. The molecule has 5 aromatic heterocycles. The lowest BCUT2D eigenvalue weighted by molar-refractivity contribution is -0.659. The third-order valence-electron chi connectivity index (χ3n) is 24.4. The largest absolute Gasteiger partial charge is 0.220 e. The summed E-state index contributed by atoms with van der Waals surface area (Å²) >= 11 is 0. The Bertz CT molecular complexity index is 6070. The first kappa shape index (κ1) is 81.7. The minimum absolute atomic E-state index is 0.0972. The lowest BCUT2D eigenvalue weighted by Crippen LogP contribution is -2.31. The molecule has 1 aliphatic rings. The second-order valence-corrected chi connectivity index (χ2v) is 34.4. The maximum Gasteiger partial charge on any atom is 0.220 e. The summed E-state index contributed by atoms with van der Waals surface area (Å²) in [6.07, 6.45) is 16.2. The van der Waals surface area contributed by atoms with Crippen LogP contribution in [0.1, 0.15) is 164 Å². The quantitative estimate of drug-likeness (QED) is 0.148. The van der Waals surface area contributed by atoms with Crippen LogP contribution >= 0.6 is 0 Å². The Morgan fingerprint density at radius 2 is 0.540 bits per heavy atom. The molecule has 10 aromatic carbocycles. The Morgan fingerprint density at radius 3 is 0.850 bits per heavy atom. The van der Waals surface area contributed by atoms with E-state index in [0.29, 0.717) is 5.56 Å². The van der Waals surface area contributed by atoms with Gasteiger partial charge in [0, 0.05) is 30.3 Å². The highest BCUT2D eigenvalue weighted by Gasteiger charge is 2.28. The number of fused-ring (bicyclic) bond motifs is 5. The summed E-state index contributed by atoms with van der Waals surface area (Å²) in [6.45, 7) is 45.4. The zero-order valence-electron chi connectivity index (χ0n) is 72.6. The van der Waals surface area contributed by atoms with Crippen LogP contribution in [-0.4, -0.2) is 0 Å². The number of nitrogens with zero attached hydrogens (tertiary/aromatic N) is 5. The molecule has 15 aromatic rings. The van der Waals surface area contributed by atoms with Gasteiger partial charge in [-0.1, -0.05) is 157 Å². The average Bonchev–Trinajstić information content (AvgIpc) is 0.853. The molecule has 0 saturated heterocycles. The minimum atomic E-state index is -0.0972. The first-order valence-electron chi connectivity index (χ1n) is 40.7. The second-order valence-electron chi connectivity index (χ2n) is 34.4. The van der Waals surface area contributed by atoms with Crippen molar-refractivity contribution in [2.75, 3.05) is 0 Å². The van der Waals surface area contributed by atoms with Gasteiger partial charge in [-0.25, -0.2) is 27.2 Å². The summed E-state index contributed by atoms with van der Waals surface area (Å²) in [5, 5.41) is 13.0. The number of hydrogen-bond acceptors (Lipinski definition) is 0. The standard InChI is InChI=1S/C24H28N.C23H28N.C20H21FN.2C20H22N/c1-16-9-10-22-20(13-16)11-12-25(4)24(22)23-15-21(14-17(2)18(23)3)19-7-5-6-8-19;1-15-8-9-20-18(12-15)10-11-24(7)22(20)21-14-19(23(4,5)6)13-16(2)17(21)3;1-12-6-7-17-16(10-12)8-9-22(5)20(17)18-11-13(2)19(21)15(4)14(18)3;2*1-13-6-7-18-17(11-13)8-9-21(5)20(18)19-12-14(2)10-15(3)16(19)4/h9-15,19H,5-8H2,1-4H3;8-14H,1-7H3;6-11H,1-5H3;2*6-12H,1-5H3/q5*+1. The van der Waals surface area contributed by atoms with Crippen molar-refractivity contribution in [2.24, 2.45) is 35.2 Å². The fourth-order valence-electron chi connectivity index (χ4n) is 17.2. The number of rotatable bonds is 6. The van der Waals surface area contributed by atoms with Crippen LogP contribution in [0, 0.1) is 130 Å². The van der Waals surface area contributed by atoms with Gasteiger partial charge in [-0.2, -0.15) is 0 Å². The van der Waals surface area contributed by atoms with Gasteiger partial charge in [0.25, 0.3) is 0 Å². The van der Waals surface area contributed by atoms with Crippen LogP contribution in [-0.2, 0) is 40.7 Å². The molecule has 0 atom stereocenters. The molecule has 0 amide bonds. The Labute approximate surface area is 674 Å². The zero-order valence-corrected chi connectivity index (χ0v) is 72.6. The Balaban J connectivity index is 0.000000131. The number of halogens is 1. The molecule has 113 heavy (non-hydrogen) atoms. The minimum Gasteiger partial charge on any atom is -0.206 e. The van der Waals surface area contributed by atoms with Crippen LogP contribution in [0.5, 0.6) is 0 Å². The van der Waals surface area contributed by atoms with E-state index >= 15 is 0 Å². The number of aromatic nitrogens is 5. The molecule has 1 aliphatic carbocycles. The second kappa shape index (κ2) is 33.5. The van der Waals surface area contributed by atoms with E-state index < -0.39 is 0 Å². The fraction of sp³-hybridized carbons (Fsp3) is 0.299. The lowest BCUT2D eigenvalue weighted by atomic mass is 9.83. The van der Waals surface area contributed by atoms with Gasteiger partial charge in [-0.15, -0.1) is 0 Å². The first-order chi connectivity index (χ1) is 53.6. The van der Waals surface area contributed by atoms with Crippen molar-refractivity contribution in [1.82, 2.24) is 0 Å². The molecule has 0 unspecified atom stereocenters. The summed E-state index contributed by atoms with van der Waals surface area (Å²) < 4.78 is 25.3. The Hall–Kier alpha value is -10.8. The first-order valence-corrected chi connectivity index (χ1v) is 40.7. The summed E-state index contributed by atoms with van der Waals surface area (Å²) in [4.78, 5) is 0. The van der Waals surface area contributed by atoms with E-state index in [0.717, 1.165) is 28.3 Å². The van der Waals surface area contributed by atoms with E-state index in [1.165, 1.54) is 214 Å². The van der Waals surface area contributed by atoms with Gasteiger partial charge in [0.15, 0.2) is 31.0 Å². The van der Waals surface area contributed by atoms with E-state index in [1.807, 2.05) is 33.9 Å². The van der Waals surface area contributed by atoms with Gasteiger partial charge in [0.2, 0.25) is 28.5 Å². The molecule has 1 saturated carbocycles. The molecule has 0 aliphatic heterocycles. The molecule has 576 valence electrons. The van der Waals surface area contributed by atoms with E-state index in [4.69, 9.17) is 0 Å². The topological polar surface area (TPSA) is 19.4 Å². The maximum atomic E-state index is 14.1. The van der Waals surface area contributed by atoms with Gasteiger partial charge < -0.3 is 0 Å². The fourth-order valence-corrected chi connectivity index (χ4v) is 17.2. The lowest BCUT2D eigenvalue weighted by Gasteiger charge is -2.22. The molecule has 1 fully saturated rings. The van der Waals surface area contributed by atoms with Crippen molar-refractivity contribution in [3.63, 3.8) is 0 Å². The van der Waals surface area contributed by atoms with Crippen LogP contribution in [0.4, 0.5) is 4.39 Å². The molecule has 16 rings (SSSR count). The van der Waals surface area contributed by atoms with E-state index in [1.54, 1.807) is 5.56 Å². The van der Waals surface area contributed by atoms with Crippen molar-refractivity contribution >= 4 is 53.9 Å². The molecular formula is C107H121FN5+5. The highest BCUT2D eigenvalue weighted by atomic mass is 19.1. The number of pyridine rings is 5. The third kappa shape index (κ3) is 17.3. The van der Waals surface area contributed by atoms with Crippen molar-refractivity contribution in [3.8, 4) is 56.3 Å². The Morgan fingerprint density at radius 1 is 0.265 bits per heavy atom.